The molecular formula is C18H20N2O4. The Kier molecular flexibility index (Phi) is 4.86. The smallest absolute Gasteiger partial charge is 0.315 e. The van der Waals surface area contributed by atoms with Crippen LogP contribution >= 0.6 is 0 Å². The second kappa shape index (κ2) is 7.23. The Morgan fingerprint density at radius 1 is 1.25 bits per heavy atom. The zero-order chi connectivity index (χ0) is 16.9. The van der Waals surface area contributed by atoms with Crippen molar-refractivity contribution in [2.24, 2.45) is 0 Å². The lowest BCUT2D eigenvalue weighted by molar-refractivity contribution is 0.129. The van der Waals surface area contributed by atoms with E-state index >= 15 is 0 Å². The molecule has 2 atom stereocenters. The molecule has 0 aliphatic heterocycles. The van der Waals surface area contributed by atoms with Crippen LogP contribution < -0.4 is 10.6 Å². The molecule has 2 amide bonds. The number of furan rings is 2. The van der Waals surface area contributed by atoms with E-state index in [9.17, 15) is 9.90 Å². The standard InChI is InChI=1S/C18H20N2O4/c1-12(9-15(21)17-7-4-8-23-17)20-18(22)19-11-14-10-13-5-2-3-6-16(13)24-14/h2-8,10,12,15,21H,9,11H2,1H3,(H2,19,20,22)/t12-,15-/m1/s1. The number of hydrogen-bond donors (Lipinski definition) is 3. The van der Waals surface area contributed by atoms with Gasteiger partial charge in [0.1, 0.15) is 23.2 Å². The first-order chi connectivity index (χ1) is 11.6. The number of aliphatic hydroxyl groups is 1. The minimum Gasteiger partial charge on any atom is -0.467 e. The number of urea groups is 1. The lowest BCUT2D eigenvalue weighted by Crippen LogP contribution is -2.41. The molecule has 0 saturated carbocycles. The summed E-state index contributed by atoms with van der Waals surface area (Å²) in [7, 11) is 0. The molecule has 1 aromatic carbocycles. The first-order valence-electron chi connectivity index (χ1n) is 7.85. The van der Waals surface area contributed by atoms with Crippen molar-refractivity contribution in [1.29, 1.82) is 0 Å². The van der Waals surface area contributed by atoms with Crippen LogP contribution in [0.5, 0.6) is 0 Å². The summed E-state index contributed by atoms with van der Waals surface area (Å²) in [6.07, 6.45) is 1.13. The Hall–Kier alpha value is -2.73. The fraction of sp³-hybridized carbons (Fsp3) is 0.278. The van der Waals surface area contributed by atoms with Gasteiger partial charge in [-0.1, -0.05) is 18.2 Å². The van der Waals surface area contributed by atoms with Crippen molar-refractivity contribution < 1.29 is 18.7 Å². The van der Waals surface area contributed by atoms with Crippen molar-refractivity contribution in [3.05, 3.63) is 60.2 Å². The van der Waals surface area contributed by atoms with Crippen molar-refractivity contribution in [3.8, 4) is 0 Å². The van der Waals surface area contributed by atoms with Crippen LogP contribution in [0.25, 0.3) is 11.0 Å². The highest BCUT2D eigenvalue weighted by molar-refractivity contribution is 5.78. The Labute approximate surface area is 139 Å². The summed E-state index contributed by atoms with van der Waals surface area (Å²) in [4.78, 5) is 11.9. The SMILES string of the molecule is C[C@H](C[C@@H](O)c1ccco1)NC(=O)NCc1cc2ccccc2o1. The predicted octanol–water partition coefficient (Wildman–Crippen LogP) is 3.34. The molecule has 126 valence electrons. The van der Waals surface area contributed by atoms with Crippen LogP contribution in [0.4, 0.5) is 4.79 Å². The van der Waals surface area contributed by atoms with Gasteiger partial charge in [-0.15, -0.1) is 0 Å². The average Bonchev–Trinajstić information content (AvgIpc) is 3.21. The highest BCUT2D eigenvalue weighted by atomic mass is 16.4. The predicted molar refractivity (Wildman–Crippen MR) is 89.3 cm³/mol. The summed E-state index contributed by atoms with van der Waals surface area (Å²) < 4.78 is 10.8. The topological polar surface area (TPSA) is 87.6 Å². The fourth-order valence-electron chi connectivity index (χ4n) is 2.56. The molecule has 2 aromatic heterocycles. The molecule has 0 bridgehead atoms. The summed E-state index contributed by atoms with van der Waals surface area (Å²) in [6, 6.07) is 12.5. The maximum Gasteiger partial charge on any atom is 0.315 e. The van der Waals surface area contributed by atoms with Gasteiger partial charge in [0.15, 0.2) is 0 Å². The molecule has 0 radical (unpaired) electrons. The lowest BCUT2D eigenvalue weighted by Gasteiger charge is -2.16. The Bertz CT molecular complexity index is 761. The molecule has 0 spiro atoms. The molecule has 6 nitrogen and oxygen atoms in total. The van der Waals surface area contributed by atoms with Crippen molar-refractivity contribution >= 4 is 17.0 Å². The van der Waals surface area contributed by atoms with Crippen LogP contribution in [0.1, 0.15) is 31.0 Å². The van der Waals surface area contributed by atoms with Gasteiger partial charge in [-0.25, -0.2) is 4.79 Å². The third-order valence-corrected chi connectivity index (χ3v) is 3.73. The van der Waals surface area contributed by atoms with Gasteiger partial charge in [-0.3, -0.25) is 0 Å². The van der Waals surface area contributed by atoms with E-state index in [0.717, 1.165) is 11.0 Å². The summed E-state index contributed by atoms with van der Waals surface area (Å²) in [5, 5.41) is 16.5. The largest absolute Gasteiger partial charge is 0.467 e. The van der Waals surface area contributed by atoms with Crippen LogP contribution in [0.15, 0.2) is 57.6 Å². The van der Waals surface area contributed by atoms with E-state index in [1.807, 2.05) is 37.3 Å². The van der Waals surface area contributed by atoms with E-state index < -0.39 is 6.10 Å². The van der Waals surface area contributed by atoms with E-state index in [0.29, 0.717) is 24.5 Å². The number of benzene rings is 1. The van der Waals surface area contributed by atoms with Crippen molar-refractivity contribution in [3.63, 3.8) is 0 Å². The number of carbonyl (C=O) groups excluding carboxylic acids is 1. The van der Waals surface area contributed by atoms with E-state index in [1.54, 1.807) is 12.1 Å². The molecule has 3 rings (SSSR count). The minimum absolute atomic E-state index is 0.208. The molecule has 24 heavy (non-hydrogen) atoms. The zero-order valence-corrected chi connectivity index (χ0v) is 13.4. The quantitative estimate of drug-likeness (QED) is 0.647. The number of amides is 2. The third-order valence-electron chi connectivity index (χ3n) is 3.73. The normalized spacial score (nSPS) is 13.6. The first kappa shape index (κ1) is 16.1. The van der Waals surface area contributed by atoms with Crippen molar-refractivity contribution in [1.82, 2.24) is 10.6 Å². The molecule has 0 unspecified atom stereocenters. The number of aliphatic hydroxyl groups excluding tert-OH is 1. The first-order valence-corrected chi connectivity index (χ1v) is 7.85. The molecule has 0 saturated heterocycles. The summed E-state index contributed by atoms with van der Waals surface area (Å²) in [5.41, 5.74) is 0.796. The number of carbonyl (C=O) groups is 1. The Morgan fingerprint density at radius 2 is 2.08 bits per heavy atom. The Morgan fingerprint density at radius 3 is 2.83 bits per heavy atom. The second-order valence-corrected chi connectivity index (χ2v) is 5.75. The molecule has 0 fully saturated rings. The third kappa shape index (κ3) is 3.97. The van der Waals surface area contributed by atoms with Crippen LogP contribution in [0, 0.1) is 0 Å². The van der Waals surface area contributed by atoms with Crippen molar-refractivity contribution in [2.45, 2.75) is 32.0 Å². The Balaban J connectivity index is 1.46. The summed E-state index contributed by atoms with van der Waals surface area (Å²) in [6.45, 7) is 2.13. The number of hydrogen-bond acceptors (Lipinski definition) is 4. The molecule has 0 aliphatic rings. The maximum atomic E-state index is 11.9. The number of fused-ring (bicyclic) bond motifs is 1. The van der Waals surface area contributed by atoms with Crippen molar-refractivity contribution in [2.75, 3.05) is 0 Å². The van der Waals surface area contributed by atoms with Crippen LogP contribution in [-0.2, 0) is 6.54 Å². The van der Waals surface area contributed by atoms with Gasteiger partial charge < -0.3 is 24.6 Å². The summed E-state index contributed by atoms with van der Waals surface area (Å²) >= 11 is 0. The monoisotopic (exact) mass is 328 g/mol. The van der Waals surface area contributed by atoms with Gasteiger partial charge in [0, 0.05) is 17.8 Å². The average molecular weight is 328 g/mol. The van der Waals surface area contributed by atoms with E-state index in [2.05, 4.69) is 10.6 Å². The molecular weight excluding hydrogens is 308 g/mol. The highest BCUT2D eigenvalue weighted by Gasteiger charge is 2.16. The zero-order valence-electron chi connectivity index (χ0n) is 13.4. The van der Waals surface area contributed by atoms with E-state index in [1.165, 1.54) is 6.26 Å². The molecule has 2 heterocycles. The van der Waals surface area contributed by atoms with E-state index in [-0.39, 0.29) is 12.1 Å². The number of rotatable bonds is 6. The minimum atomic E-state index is -0.745. The molecule has 3 aromatic rings. The van der Waals surface area contributed by atoms with Gasteiger partial charge in [-0.2, -0.15) is 0 Å². The molecule has 0 aliphatic carbocycles. The van der Waals surface area contributed by atoms with Crippen LogP contribution in [0.2, 0.25) is 0 Å². The van der Waals surface area contributed by atoms with Gasteiger partial charge in [0.2, 0.25) is 0 Å². The van der Waals surface area contributed by atoms with Gasteiger partial charge >= 0.3 is 6.03 Å². The van der Waals surface area contributed by atoms with Crippen LogP contribution in [-0.4, -0.2) is 17.2 Å². The van der Waals surface area contributed by atoms with Gasteiger partial charge in [0.25, 0.3) is 0 Å². The maximum absolute atomic E-state index is 11.9. The van der Waals surface area contributed by atoms with Gasteiger partial charge in [-0.05, 0) is 31.2 Å². The fourth-order valence-corrected chi connectivity index (χ4v) is 2.56. The molecule has 3 N–H and O–H groups in total. The molecule has 6 heteroatoms. The van der Waals surface area contributed by atoms with Gasteiger partial charge in [0.05, 0.1) is 12.8 Å². The van der Waals surface area contributed by atoms with E-state index in [4.69, 9.17) is 8.83 Å². The number of nitrogens with one attached hydrogen (secondary N) is 2. The number of para-hydroxylation sites is 1. The second-order valence-electron chi connectivity index (χ2n) is 5.75. The van der Waals surface area contributed by atoms with Crippen LogP contribution in [0.3, 0.4) is 0 Å². The lowest BCUT2D eigenvalue weighted by atomic mass is 10.1. The highest BCUT2D eigenvalue weighted by Crippen LogP contribution is 2.19. The summed E-state index contributed by atoms with van der Waals surface area (Å²) in [5.74, 6) is 1.18.